The van der Waals surface area contributed by atoms with Crippen LogP contribution in [0, 0.1) is 5.92 Å². The molecule has 1 aliphatic rings. The number of carbonyl (C=O) groups is 2. The van der Waals surface area contributed by atoms with Crippen LogP contribution in [0.5, 0.6) is 0 Å². The van der Waals surface area contributed by atoms with Crippen LogP contribution in [0.2, 0.25) is 0 Å². The van der Waals surface area contributed by atoms with Gasteiger partial charge in [0.1, 0.15) is 12.4 Å². The minimum Gasteiger partial charge on any atom is -0.387 e. The molecule has 0 spiro atoms. The van der Waals surface area contributed by atoms with Gasteiger partial charge in [-0.25, -0.2) is 4.99 Å². The number of halogens is 1. The lowest BCUT2D eigenvalue weighted by atomic mass is 9.85. The van der Waals surface area contributed by atoms with Crippen molar-refractivity contribution in [2.75, 3.05) is 6.61 Å². The van der Waals surface area contributed by atoms with Gasteiger partial charge in [-0.05, 0) is 68.5 Å². The number of hydrogen-bond acceptors (Lipinski definition) is 4. The summed E-state index contributed by atoms with van der Waals surface area (Å²) < 4.78 is 1.00. The highest BCUT2D eigenvalue weighted by atomic mass is 127. The number of amides is 2. The van der Waals surface area contributed by atoms with Crippen molar-refractivity contribution < 1.29 is 14.7 Å². The molecule has 0 aliphatic heterocycles. The van der Waals surface area contributed by atoms with Gasteiger partial charge in [-0.3, -0.25) is 9.59 Å². The molecule has 128 valence electrons. The zero-order valence-corrected chi connectivity index (χ0v) is 15.7. The second kappa shape index (κ2) is 9.82. The van der Waals surface area contributed by atoms with Gasteiger partial charge in [0, 0.05) is 15.5 Å². The molecule has 7 heteroatoms. The minimum atomic E-state index is -0.526. The maximum Gasteiger partial charge on any atom is 0.245 e. The molecule has 0 aromatic carbocycles. The molecule has 1 saturated carbocycles. The summed E-state index contributed by atoms with van der Waals surface area (Å²) in [6.45, 7) is 6.93. The van der Waals surface area contributed by atoms with E-state index in [9.17, 15) is 9.59 Å². The molecule has 2 atom stereocenters. The Bertz CT molecular complexity index is 525. The molecule has 23 heavy (non-hydrogen) atoms. The molecule has 1 fully saturated rings. The van der Waals surface area contributed by atoms with Crippen LogP contribution in [-0.2, 0) is 9.59 Å². The van der Waals surface area contributed by atoms with E-state index in [2.05, 4.69) is 44.9 Å². The van der Waals surface area contributed by atoms with Crippen LogP contribution in [0.1, 0.15) is 39.5 Å². The van der Waals surface area contributed by atoms with Crippen molar-refractivity contribution >= 4 is 41.1 Å². The third-order valence-corrected chi connectivity index (χ3v) is 5.11. The second-order valence-electron chi connectivity index (χ2n) is 5.81. The first kappa shape index (κ1) is 19.8. The number of aliphatic imine (C=N–C) groups is 1. The zero-order valence-electron chi connectivity index (χ0n) is 13.6. The summed E-state index contributed by atoms with van der Waals surface area (Å²) in [5, 5.41) is 14.3. The maximum absolute atomic E-state index is 12.4. The molecule has 0 aromatic rings. The number of hydrogen-bond donors (Lipinski definition) is 3. The van der Waals surface area contributed by atoms with E-state index in [1.807, 2.05) is 13.8 Å². The van der Waals surface area contributed by atoms with E-state index in [1.165, 1.54) is 0 Å². The number of aliphatic hydroxyl groups excluding tert-OH is 1. The van der Waals surface area contributed by atoms with Gasteiger partial charge in [0.25, 0.3) is 0 Å². The molecule has 0 unspecified atom stereocenters. The Balaban J connectivity index is 2.67. The molecule has 0 bridgehead atoms. The van der Waals surface area contributed by atoms with E-state index >= 15 is 0 Å². The Kier molecular flexibility index (Phi) is 8.46. The van der Waals surface area contributed by atoms with E-state index in [4.69, 9.17) is 5.11 Å². The monoisotopic (exact) mass is 433 g/mol. The van der Waals surface area contributed by atoms with Crippen molar-refractivity contribution in [3.8, 4) is 0 Å². The smallest absolute Gasteiger partial charge is 0.245 e. The van der Waals surface area contributed by atoms with Crippen molar-refractivity contribution in [3.63, 3.8) is 0 Å². The van der Waals surface area contributed by atoms with Crippen LogP contribution in [0.25, 0.3) is 0 Å². The highest BCUT2D eigenvalue weighted by Gasteiger charge is 2.28. The Hall–Kier alpha value is -1.22. The topological polar surface area (TPSA) is 90.8 Å². The normalized spacial score (nSPS) is 21.3. The lowest BCUT2D eigenvalue weighted by molar-refractivity contribution is -0.128. The van der Waals surface area contributed by atoms with E-state index < -0.39 is 12.5 Å². The van der Waals surface area contributed by atoms with Gasteiger partial charge in [-0.15, -0.1) is 0 Å². The molecule has 6 nitrogen and oxygen atoms in total. The third-order valence-electron chi connectivity index (χ3n) is 3.72. The summed E-state index contributed by atoms with van der Waals surface area (Å²) in [5.74, 6) is -0.253. The molecule has 0 heterocycles. The maximum atomic E-state index is 12.4. The predicted molar refractivity (Wildman–Crippen MR) is 99.1 cm³/mol. The molecule has 2 amide bonds. The van der Waals surface area contributed by atoms with E-state index in [0.717, 1.165) is 28.4 Å². The summed E-state index contributed by atoms with van der Waals surface area (Å²) in [5.41, 5.74) is 1.13. The van der Waals surface area contributed by atoms with Crippen LogP contribution in [0.4, 0.5) is 0 Å². The first-order chi connectivity index (χ1) is 10.9. The standard InChI is InChI=1S/C16H24IN3O3/c1-10(2)13(17)8-14(18-3)20-16(23)11-5-4-6-12(7-11)19-15(22)9-21/h8,11-12,21H,3-7,9H2,1-2H3,(H,19,22)(H,20,23)/b14-8+/t11-,12+/m0/s1. The van der Waals surface area contributed by atoms with E-state index in [0.29, 0.717) is 12.2 Å². The van der Waals surface area contributed by atoms with E-state index in [1.54, 1.807) is 6.08 Å². The van der Waals surface area contributed by atoms with Crippen molar-refractivity contribution in [2.24, 2.45) is 10.9 Å². The summed E-state index contributed by atoms with van der Waals surface area (Å²) in [6.07, 6.45) is 4.83. The van der Waals surface area contributed by atoms with Gasteiger partial charge in [-0.1, -0.05) is 12.0 Å². The average molecular weight is 433 g/mol. The number of rotatable bonds is 6. The number of aliphatic hydroxyl groups is 1. The van der Waals surface area contributed by atoms with Gasteiger partial charge in [0.05, 0.1) is 0 Å². The van der Waals surface area contributed by atoms with Crippen LogP contribution < -0.4 is 10.6 Å². The van der Waals surface area contributed by atoms with Gasteiger partial charge in [0.2, 0.25) is 11.8 Å². The van der Waals surface area contributed by atoms with Gasteiger partial charge in [0.15, 0.2) is 0 Å². The van der Waals surface area contributed by atoms with Crippen molar-refractivity contribution in [1.29, 1.82) is 0 Å². The first-order valence-corrected chi connectivity index (χ1v) is 8.67. The van der Waals surface area contributed by atoms with Crippen LogP contribution in [0.3, 0.4) is 0 Å². The van der Waals surface area contributed by atoms with Gasteiger partial charge < -0.3 is 15.7 Å². The molecular weight excluding hydrogens is 409 g/mol. The summed E-state index contributed by atoms with van der Waals surface area (Å²) in [7, 11) is 0. The summed E-state index contributed by atoms with van der Waals surface area (Å²) in [6, 6.07) is -0.0683. The Labute approximate surface area is 150 Å². The molecule has 1 aliphatic carbocycles. The predicted octanol–water partition coefficient (Wildman–Crippen LogP) is 2.04. The Morgan fingerprint density at radius 3 is 2.65 bits per heavy atom. The van der Waals surface area contributed by atoms with E-state index in [-0.39, 0.29) is 17.9 Å². The van der Waals surface area contributed by atoms with Crippen molar-refractivity contribution in [2.45, 2.75) is 45.6 Å². The highest BCUT2D eigenvalue weighted by Crippen LogP contribution is 2.25. The summed E-state index contributed by atoms with van der Waals surface area (Å²) >= 11 is 2.18. The molecule has 3 N–H and O–H groups in total. The SMILES string of the molecule is C=N/C(=C\C(I)=C(C)C)NC(=O)[C@H]1CCC[C@@H](NC(=O)CO)C1. The second-order valence-corrected chi connectivity index (χ2v) is 6.97. The average Bonchev–Trinajstić information content (AvgIpc) is 2.53. The minimum absolute atomic E-state index is 0.0683. The van der Waals surface area contributed by atoms with Crippen molar-refractivity contribution in [1.82, 2.24) is 10.6 Å². The quantitative estimate of drug-likeness (QED) is 0.340. The molecule has 1 rings (SSSR count). The highest BCUT2D eigenvalue weighted by molar-refractivity contribution is 14.1. The number of nitrogens with zero attached hydrogens (tertiary/aromatic N) is 1. The third kappa shape index (κ3) is 6.82. The number of nitrogens with one attached hydrogen (secondary N) is 2. The van der Waals surface area contributed by atoms with Crippen LogP contribution in [-0.4, -0.2) is 36.3 Å². The molecule has 0 aromatic heterocycles. The fourth-order valence-corrected chi connectivity index (χ4v) is 2.74. The van der Waals surface area contributed by atoms with Crippen LogP contribution in [0.15, 0.2) is 26.0 Å². The number of allylic oxidation sites excluding steroid dienone is 3. The fraction of sp³-hybridized carbons (Fsp3) is 0.562. The number of carbonyl (C=O) groups excluding carboxylic acids is 2. The van der Waals surface area contributed by atoms with Gasteiger partial charge >= 0.3 is 0 Å². The first-order valence-electron chi connectivity index (χ1n) is 7.59. The largest absolute Gasteiger partial charge is 0.387 e. The molecule has 0 saturated heterocycles. The molecular formula is C16H24IN3O3. The Morgan fingerprint density at radius 1 is 1.39 bits per heavy atom. The Morgan fingerprint density at radius 2 is 2.09 bits per heavy atom. The molecule has 0 radical (unpaired) electrons. The lowest BCUT2D eigenvalue weighted by Gasteiger charge is -2.28. The zero-order chi connectivity index (χ0) is 17.4. The van der Waals surface area contributed by atoms with Gasteiger partial charge in [-0.2, -0.15) is 0 Å². The summed E-state index contributed by atoms with van der Waals surface area (Å²) in [4.78, 5) is 27.5. The fourth-order valence-electron chi connectivity index (χ4n) is 2.45. The van der Waals surface area contributed by atoms with Crippen molar-refractivity contribution in [3.05, 3.63) is 21.0 Å². The lowest BCUT2D eigenvalue weighted by Crippen LogP contribution is -2.43. The van der Waals surface area contributed by atoms with Crippen LogP contribution >= 0.6 is 22.6 Å².